The molecule has 1 fully saturated rings. The van der Waals surface area contributed by atoms with E-state index in [9.17, 15) is 4.79 Å². The van der Waals surface area contributed by atoms with Gasteiger partial charge in [0.05, 0.1) is 5.69 Å². The Hall–Kier alpha value is -1.43. The Morgan fingerprint density at radius 1 is 1.30 bits per heavy atom. The van der Waals surface area contributed by atoms with Crippen LogP contribution in [-0.2, 0) is 4.74 Å². The molecule has 0 unspecified atom stereocenters. The molecule has 2 heterocycles. The van der Waals surface area contributed by atoms with Gasteiger partial charge in [0.25, 0.3) is 0 Å². The first kappa shape index (κ1) is 16.6. The molecule has 0 aromatic carbocycles. The SMILES string of the molecule is C.CC(C)(C)OC(=O)N1CCN(c2sccc2N)CC1. The second-order valence-electron chi connectivity index (χ2n) is 5.64. The molecule has 1 amide bonds. The van der Waals surface area contributed by atoms with Gasteiger partial charge in [-0.3, -0.25) is 0 Å². The first-order chi connectivity index (χ1) is 8.87. The van der Waals surface area contributed by atoms with Gasteiger partial charge in [0.1, 0.15) is 10.6 Å². The highest BCUT2D eigenvalue weighted by atomic mass is 32.1. The zero-order valence-corrected chi connectivity index (χ0v) is 12.5. The topological polar surface area (TPSA) is 58.8 Å². The summed E-state index contributed by atoms with van der Waals surface area (Å²) in [5, 5.41) is 3.09. The van der Waals surface area contributed by atoms with Crippen LogP contribution in [-0.4, -0.2) is 42.8 Å². The molecular formula is C14H25N3O2S. The fraction of sp³-hybridized carbons (Fsp3) is 0.643. The van der Waals surface area contributed by atoms with Crippen molar-refractivity contribution in [3.63, 3.8) is 0 Å². The lowest BCUT2D eigenvalue weighted by molar-refractivity contribution is 0.0241. The van der Waals surface area contributed by atoms with E-state index in [1.165, 1.54) is 0 Å². The van der Waals surface area contributed by atoms with E-state index >= 15 is 0 Å². The summed E-state index contributed by atoms with van der Waals surface area (Å²) < 4.78 is 5.37. The molecule has 20 heavy (non-hydrogen) atoms. The number of hydrogen-bond donors (Lipinski definition) is 1. The molecule has 0 saturated carbocycles. The maximum absolute atomic E-state index is 11.9. The molecule has 6 heteroatoms. The van der Waals surface area contributed by atoms with Crippen LogP contribution in [0.5, 0.6) is 0 Å². The first-order valence-electron chi connectivity index (χ1n) is 6.43. The lowest BCUT2D eigenvalue weighted by Gasteiger charge is -2.36. The van der Waals surface area contributed by atoms with Crippen LogP contribution in [0.25, 0.3) is 0 Å². The fourth-order valence-electron chi connectivity index (χ4n) is 1.99. The van der Waals surface area contributed by atoms with Crippen molar-refractivity contribution in [2.45, 2.75) is 33.8 Å². The third-order valence-electron chi connectivity index (χ3n) is 2.89. The molecule has 0 aliphatic carbocycles. The van der Waals surface area contributed by atoms with Gasteiger partial charge >= 0.3 is 6.09 Å². The smallest absolute Gasteiger partial charge is 0.410 e. The van der Waals surface area contributed by atoms with E-state index in [4.69, 9.17) is 10.5 Å². The number of rotatable bonds is 1. The van der Waals surface area contributed by atoms with Crippen LogP contribution in [0.2, 0.25) is 0 Å². The Morgan fingerprint density at radius 3 is 2.35 bits per heavy atom. The van der Waals surface area contributed by atoms with Crippen LogP contribution in [0.3, 0.4) is 0 Å². The number of anilines is 2. The number of hydrogen-bond acceptors (Lipinski definition) is 5. The summed E-state index contributed by atoms with van der Waals surface area (Å²) >= 11 is 1.64. The molecule has 5 nitrogen and oxygen atoms in total. The van der Waals surface area contributed by atoms with Gasteiger partial charge in [-0.15, -0.1) is 11.3 Å². The number of carbonyl (C=O) groups is 1. The largest absolute Gasteiger partial charge is 0.444 e. The van der Waals surface area contributed by atoms with Crippen LogP contribution >= 0.6 is 11.3 Å². The third-order valence-corrected chi connectivity index (χ3v) is 3.88. The number of piperazine rings is 1. The number of nitrogens with zero attached hydrogens (tertiary/aromatic N) is 2. The fourth-order valence-corrected chi connectivity index (χ4v) is 2.87. The molecule has 0 bridgehead atoms. The Kier molecular flexibility index (Phi) is 5.28. The van der Waals surface area contributed by atoms with E-state index in [0.29, 0.717) is 13.1 Å². The van der Waals surface area contributed by atoms with Crippen molar-refractivity contribution in [1.29, 1.82) is 0 Å². The molecule has 2 N–H and O–H groups in total. The number of nitrogen functional groups attached to an aromatic ring is 1. The van der Waals surface area contributed by atoms with Gasteiger partial charge in [-0.25, -0.2) is 4.79 Å². The Morgan fingerprint density at radius 2 is 1.90 bits per heavy atom. The molecule has 1 aliphatic heterocycles. The number of amides is 1. The molecular weight excluding hydrogens is 274 g/mol. The highest BCUT2D eigenvalue weighted by Gasteiger charge is 2.26. The van der Waals surface area contributed by atoms with Crippen molar-refractivity contribution >= 4 is 28.1 Å². The lowest BCUT2D eigenvalue weighted by atomic mass is 10.2. The summed E-state index contributed by atoms with van der Waals surface area (Å²) in [6.45, 7) is 8.58. The van der Waals surface area contributed by atoms with Crippen LogP contribution in [0.4, 0.5) is 15.5 Å². The Labute approximate surface area is 125 Å². The van der Waals surface area contributed by atoms with Crippen molar-refractivity contribution in [3.05, 3.63) is 11.4 Å². The van der Waals surface area contributed by atoms with Crippen molar-refractivity contribution in [2.75, 3.05) is 36.8 Å². The van der Waals surface area contributed by atoms with E-state index in [2.05, 4.69) is 4.90 Å². The molecule has 2 rings (SSSR count). The van der Waals surface area contributed by atoms with E-state index < -0.39 is 5.60 Å². The second kappa shape index (κ2) is 6.35. The second-order valence-corrected chi connectivity index (χ2v) is 6.53. The summed E-state index contributed by atoms with van der Waals surface area (Å²) in [6, 6.07) is 1.92. The highest BCUT2D eigenvalue weighted by Crippen LogP contribution is 2.30. The van der Waals surface area contributed by atoms with E-state index in [-0.39, 0.29) is 13.5 Å². The van der Waals surface area contributed by atoms with Crippen molar-refractivity contribution in [3.8, 4) is 0 Å². The molecule has 1 aromatic heterocycles. The van der Waals surface area contributed by atoms with E-state index in [0.717, 1.165) is 23.8 Å². The summed E-state index contributed by atoms with van der Waals surface area (Å²) in [4.78, 5) is 15.9. The predicted molar refractivity (Wildman–Crippen MR) is 85.5 cm³/mol. The summed E-state index contributed by atoms with van der Waals surface area (Å²) in [5.74, 6) is 0. The normalized spacial score (nSPS) is 15.8. The van der Waals surface area contributed by atoms with Gasteiger partial charge in [0.2, 0.25) is 0 Å². The highest BCUT2D eigenvalue weighted by molar-refractivity contribution is 7.14. The summed E-state index contributed by atoms with van der Waals surface area (Å²) in [7, 11) is 0. The quantitative estimate of drug-likeness (QED) is 0.866. The van der Waals surface area contributed by atoms with Crippen molar-refractivity contribution < 1.29 is 9.53 Å². The van der Waals surface area contributed by atoms with Crippen molar-refractivity contribution in [2.24, 2.45) is 0 Å². The van der Waals surface area contributed by atoms with E-state index in [1.54, 1.807) is 16.2 Å². The van der Waals surface area contributed by atoms with Crippen LogP contribution in [0.1, 0.15) is 28.2 Å². The third kappa shape index (κ3) is 4.03. The van der Waals surface area contributed by atoms with E-state index in [1.807, 2.05) is 32.2 Å². The Bertz CT molecular complexity index is 446. The van der Waals surface area contributed by atoms with Gasteiger partial charge < -0.3 is 20.3 Å². The summed E-state index contributed by atoms with van der Waals surface area (Å²) in [6.07, 6.45) is -0.230. The number of ether oxygens (including phenoxy) is 1. The zero-order chi connectivity index (χ0) is 14.0. The monoisotopic (exact) mass is 299 g/mol. The van der Waals surface area contributed by atoms with Gasteiger partial charge in [-0.2, -0.15) is 0 Å². The molecule has 1 aromatic rings. The Balaban J connectivity index is 0.00000200. The average molecular weight is 299 g/mol. The van der Waals surface area contributed by atoms with Gasteiger partial charge in [-0.05, 0) is 32.2 Å². The van der Waals surface area contributed by atoms with Crippen LogP contribution in [0.15, 0.2) is 11.4 Å². The minimum absolute atomic E-state index is 0. The number of nitrogens with two attached hydrogens (primary N) is 1. The number of carbonyl (C=O) groups excluding carboxylic acids is 1. The molecule has 0 atom stereocenters. The molecule has 0 spiro atoms. The molecule has 1 saturated heterocycles. The van der Waals surface area contributed by atoms with Gasteiger partial charge in [0.15, 0.2) is 0 Å². The van der Waals surface area contributed by atoms with Crippen LogP contribution in [0, 0.1) is 0 Å². The average Bonchev–Trinajstić information content (AvgIpc) is 2.73. The minimum Gasteiger partial charge on any atom is -0.444 e. The van der Waals surface area contributed by atoms with Gasteiger partial charge in [0, 0.05) is 26.2 Å². The van der Waals surface area contributed by atoms with Crippen LogP contribution < -0.4 is 10.6 Å². The predicted octanol–water partition coefficient (Wildman–Crippen LogP) is 3.02. The standard InChI is InChI=1S/C13H21N3O2S.CH4/c1-13(2,3)18-12(17)16-7-5-15(6-8-16)11-10(14)4-9-19-11;/h4,9H,5-8,14H2,1-3H3;1H4. The summed E-state index contributed by atoms with van der Waals surface area (Å²) in [5.41, 5.74) is 6.29. The molecule has 1 aliphatic rings. The maximum Gasteiger partial charge on any atom is 0.410 e. The maximum atomic E-state index is 11.9. The van der Waals surface area contributed by atoms with Crippen molar-refractivity contribution in [1.82, 2.24) is 4.90 Å². The molecule has 114 valence electrons. The molecule has 0 radical (unpaired) electrons. The first-order valence-corrected chi connectivity index (χ1v) is 7.30. The zero-order valence-electron chi connectivity index (χ0n) is 11.7. The number of thiophene rings is 1. The minimum atomic E-state index is -0.438. The van der Waals surface area contributed by atoms with Gasteiger partial charge in [-0.1, -0.05) is 7.43 Å². The lowest BCUT2D eigenvalue weighted by Crippen LogP contribution is -2.50.